The van der Waals surface area contributed by atoms with E-state index in [0.29, 0.717) is 5.56 Å². The fraction of sp³-hybridized carbons (Fsp3) is 0.167. The molecule has 2 aromatic carbocycles. The number of fused-ring (bicyclic) bond motifs is 1. The Morgan fingerprint density at radius 2 is 1.92 bits per heavy atom. The first kappa shape index (κ1) is 15.7. The van der Waals surface area contributed by atoms with Crippen molar-refractivity contribution in [3.05, 3.63) is 60.4 Å². The minimum Gasteiger partial charge on any atom is -0.332 e. The van der Waals surface area contributed by atoms with Gasteiger partial charge in [0.1, 0.15) is 0 Å². The highest BCUT2D eigenvalue weighted by molar-refractivity contribution is 6.04. The summed E-state index contributed by atoms with van der Waals surface area (Å²) in [4.78, 5) is 25.9. The maximum Gasteiger partial charge on any atom is 0.257 e. The maximum atomic E-state index is 12.3. The van der Waals surface area contributed by atoms with E-state index in [1.165, 1.54) is 11.1 Å². The molecule has 0 saturated carbocycles. The molecule has 0 bridgehead atoms. The van der Waals surface area contributed by atoms with Gasteiger partial charge in [-0.1, -0.05) is 36.4 Å². The highest BCUT2D eigenvalue weighted by Crippen LogP contribution is 2.22. The monoisotopic (exact) mass is 322 g/mol. The van der Waals surface area contributed by atoms with Crippen LogP contribution in [0.1, 0.15) is 10.4 Å². The van der Waals surface area contributed by atoms with Crippen LogP contribution in [0.25, 0.3) is 10.8 Å². The van der Waals surface area contributed by atoms with E-state index in [9.17, 15) is 9.59 Å². The lowest BCUT2D eigenvalue weighted by atomic mass is 10.1. The number of aryl methyl sites for hydroxylation is 1. The van der Waals surface area contributed by atoms with Crippen LogP contribution in [-0.2, 0) is 11.8 Å². The normalized spacial score (nSPS) is 10.6. The predicted octanol–water partition coefficient (Wildman–Crippen LogP) is 2.28. The molecule has 3 rings (SSSR count). The van der Waals surface area contributed by atoms with Gasteiger partial charge in [0.2, 0.25) is 5.91 Å². The number of carbonyl (C=O) groups excluding carboxylic acids is 2. The Kier molecular flexibility index (Phi) is 4.29. The Morgan fingerprint density at radius 3 is 2.67 bits per heavy atom. The van der Waals surface area contributed by atoms with Crippen molar-refractivity contribution in [3.8, 4) is 0 Å². The van der Waals surface area contributed by atoms with Gasteiger partial charge in [-0.05, 0) is 11.5 Å². The molecule has 0 spiro atoms. The van der Waals surface area contributed by atoms with E-state index in [4.69, 9.17) is 0 Å². The fourth-order valence-electron chi connectivity index (χ4n) is 2.56. The van der Waals surface area contributed by atoms with Gasteiger partial charge in [0.15, 0.2) is 0 Å². The van der Waals surface area contributed by atoms with Crippen LogP contribution in [0.4, 0.5) is 5.69 Å². The molecule has 1 heterocycles. The van der Waals surface area contributed by atoms with Gasteiger partial charge in [-0.3, -0.25) is 14.3 Å². The van der Waals surface area contributed by atoms with Crippen molar-refractivity contribution in [1.82, 2.24) is 14.7 Å². The van der Waals surface area contributed by atoms with Gasteiger partial charge in [0.25, 0.3) is 5.91 Å². The van der Waals surface area contributed by atoms with Crippen molar-refractivity contribution >= 4 is 28.3 Å². The fourth-order valence-corrected chi connectivity index (χ4v) is 2.56. The number of amides is 2. The van der Waals surface area contributed by atoms with Gasteiger partial charge in [0.05, 0.1) is 18.3 Å². The van der Waals surface area contributed by atoms with Gasteiger partial charge in [-0.25, -0.2) is 0 Å². The zero-order chi connectivity index (χ0) is 17.1. The summed E-state index contributed by atoms with van der Waals surface area (Å²) < 4.78 is 1.55. The second kappa shape index (κ2) is 6.54. The molecule has 0 fully saturated rings. The van der Waals surface area contributed by atoms with Crippen molar-refractivity contribution in [2.45, 2.75) is 0 Å². The van der Waals surface area contributed by atoms with Crippen molar-refractivity contribution < 1.29 is 9.59 Å². The van der Waals surface area contributed by atoms with Crippen molar-refractivity contribution in [1.29, 1.82) is 0 Å². The van der Waals surface area contributed by atoms with Gasteiger partial charge in [-0.2, -0.15) is 5.10 Å². The molecule has 0 aliphatic carbocycles. The molecule has 0 unspecified atom stereocenters. The number of benzene rings is 2. The summed E-state index contributed by atoms with van der Waals surface area (Å²) in [6, 6.07) is 13.6. The maximum absolute atomic E-state index is 12.3. The van der Waals surface area contributed by atoms with E-state index >= 15 is 0 Å². The number of nitrogens with one attached hydrogen (secondary N) is 1. The standard InChI is InChI=1S/C18H18N4O2/c1-21(18(24)14-10-19-22(2)11-14)12-17(23)20-16-9-5-7-13-6-3-4-8-15(13)16/h3-11H,12H2,1-2H3,(H,20,23). The molecule has 3 aromatic rings. The van der Waals surface area contributed by atoms with Crippen LogP contribution in [0.5, 0.6) is 0 Å². The van der Waals surface area contributed by atoms with Crippen LogP contribution in [0.3, 0.4) is 0 Å². The average Bonchev–Trinajstić information content (AvgIpc) is 3.01. The smallest absolute Gasteiger partial charge is 0.257 e. The number of carbonyl (C=O) groups is 2. The van der Waals surface area contributed by atoms with E-state index in [0.717, 1.165) is 16.5 Å². The zero-order valence-electron chi connectivity index (χ0n) is 13.6. The molecule has 0 aliphatic heterocycles. The van der Waals surface area contributed by atoms with Crippen LogP contribution in [0.2, 0.25) is 0 Å². The SMILES string of the molecule is CN(CC(=O)Nc1cccc2ccccc12)C(=O)c1cnn(C)c1. The first-order chi connectivity index (χ1) is 11.5. The molecular formula is C18H18N4O2. The highest BCUT2D eigenvalue weighted by Gasteiger charge is 2.16. The summed E-state index contributed by atoms with van der Waals surface area (Å²) in [5, 5.41) is 8.86. The number of hydrogen-bond donors (Lipinski definition) is 1. The number of anilines is 1. The van der Waals surface area contributed by atoms with Crippen molar-refractivity contribution in [2.75, 3.05) is 18.9 Å². The van der Waals surface area contributed by atoms with Crippen LogP contribution in [-0.4, -0.2) is 40.1 Å². The summed E-state index contributed by atoms with van der Waals surface area (Å²) in [7, 11) is 3.34. The van der Waals surface area contributed by atoms with Gasteiger partial charge >= 0.3 is 0 Å². The largest absolute Gasteiger partial charge is 0.332 e. The third-order valence-corrected chi connectivity index (χ3v) is 3.74. The summed E-state index contributed by atoms with van der Waals surface area (Å²) in [6.45, 7) is -0.0308. The molecule has 2 amide bonds. The minimum atomic E-state index is -0.244. The van der Waals surface area contributed by atoms with Crippen molar-refractivity contribution in [2.24, 2.45) is 7.05 Å². The molecular weight excluding hydrogens is 304 g/mol. The quantitative estimate of drug-likeness (QED) is 0.801. The molecule has 0 saturated heterocycles. The minimum absolute atomic E-state index is 0.0308. The Bertz CT molecular complexity index is 895. The van der Waals surface area contributed by atoms with Crippen LogP contribution in [0.15, 0.2) is 54.9 Å². The lowest BCUT2D eigenvalue weighted by molar-refractivity contribution is -0.116. The Labute approximate surface area is 139 Å². The van der Waals surface area contributed by atoms with Crippen LogP contribution < -0.4 is 5.32 Å². The molecule has 0 aliphatic rings. The van der Waals surface area contributed by atoms with E-state index in [1.807, 2.05) is 42.5 Å². The summed E-state index contributed by atoms with van der Waals surface area (Å²) in [6.07, 6.45) is 3.11. The molecule has 1 N–H and O–H groups in total. The van der Waals surface area contributed by atoms with E-state index < -0.39 is 0 Å². The van der Waals surface area contributed by atoms with Crippen LogP contribution in [0, 0.1) is 0 Å². The summed E-state index contributed by atoms with van der Waals surface area (Å²) in [5.74, 6) is -0.484. The first-order valence-corrected chi connectivity index (χ1v) is 7.56. The van der Waals surface area contributed by atoms with Gasteiger partial charge in [-0.15, -0.1) is 0 Å². The van der Waals surface area contributed by atoms with Gasteiger partial charge in [0, 0.05) is 31.4 Å². The molecule has 1 aromatic heterocycles. The third-order valence-electron chi connectivity index (χ3n) is 3.74. The molecule has 0 radical (unpaired) electrons. The van der Waals surface area contributed by atoms with Gasteiger partial charge < -0.3 is 10.2 Å². The number of likely N-dealkylation sites (N-methyl/N-ethyl adjacent to an activating group) is 1. The molecule has 24 heavy (non-hydrogen) atoms. The highest BCUT2D eigenvalue weighted by atomic mass is 16.2. The topological polar surface area (TPSA) is 67.2 Å². The Balaban J connectivity index is 1.70. The number of rotatable bonds is 4. The lowest BCUT2D eigenvalue weighted by Crippen LogP contribution is -2.34. The Hall–Kier alpha value is -3.15. The summed E-state index contributed by atoms with van der Waals surface area (Å²) in [5.41, 5.74) is 1.19. The second-order valence-corrected chi connectivity index (χ2v) is 5.64. The molecule has 0 atom stereocenters. The number of aromatic nitrogens is 2. The van der Waals surface area contributed by atoms with Crippen molar-refractivity contribution in [3.63, 3.8) is 0 Å². The zero-order valence-corrected chi connectivity index (χ0v) is 13.6. The second-order valence-electron chi connectivity index (χ2n) is 5.64. The average molecular weight is 322 g/mol. The number of hydrogen-bond acceptors (Lipinski definition) is 3. The third kappa shape index (κ3) is 3.27. The van der Waals surface area contributed by atoms with E-state index in [-0.39, 0.29) is 18.4 Å². The number of nitrogens with zero attached hydrogens (tertiary/aromatic N) is 3. The lowest BCUT2D eigenvalue weighted by Gasteiger charge is -2.16. The van der Waals surface area contributed by atoms with E-state index in [1.54, 1.807) is 25.0 Å². The summed E-state index contributed by atoms with van der Waals surface area (Å²) >= 11 is 0. The predicted molar refractivity (Wildman–Crippen MR) is 92.7 cm³/mol. The Morgan fingerprint density at radius 1 is 1.17 bits per heavy atom. The van der Waals surface area contributed by atoms with Crippen LogP contribution >= 0.6 is 0 Å². The molecule has 6 heteroatoms. The molecule has 6 nitrogen and oxygen atoms in total. The molecule has 122 valence electrons. The van der Waals surface area contributed by atoms with E-state index in [2.05, 4.69) is 10.4 Å². The first-order valence-electron chi connectivity index (χ1n) is 7.56.